The van der Waals surface area contributed by atoms with Crippen molar-refractivity contribution >= 4 is 22.8 Å². The van der Waals surface area contributed by atoms with Crippen LogP contribution in [0.3, 0.4) is 0 Å². The molecule has 4 heteroatoms. The van der Waals surface area contributed by atoms with E-state index in [4.69, 9.17) is 15.7 Å². The van der Waals surface area contributed by atoms with E-state index in [9.17, 15) is 0 Å². The largest absolute Gasteiger partial charge is 0.401 e. The molecule has 4 nitrogen and oxygen atoms in total. The maximum absolute atomic E-state index is 6.39. The molecule has 2 aromatic rings. The molecule has 0 bridgehead atoms. The van der Waals surface area contributed by atoms with Crippen molar-refractivity contribution in [2.75, 3.05) is 0 Å². The molecule has 1 aromatic carbocycles. The van der Waals surface area contributed by atoms with E-state index in [1.54, 1.807) is 0 Å². The number of nitrogens with two attached hydrogens (primary N) is 1. The van der Waals surface area contributed by atoms with E-state index in [0.717, 1.165) is 53.7 Å². The van der Waals surface area contributed by atoms with Crippen LogP contribution >= 0.6 is 0 Å². The predicted octanol–water partition coefficient (Wildman–Crippen LogP) is 3.97. The molecule has 0 amide bonds. The second-order valence-electron chi connectivity index (χ2n) is 6.14. The molecule has 1 fully saturated rings. The van der Waals surface area contributed by atoms with Crippen LogP contribution in [0.5, 0.6) is 0 Å². The van der Waals surface area contributed by atoms with E-state index in [0.29, 0.717) is 12.0 Å². The third kappa shape index (κ3) is 3.58. The lowest BCUT2D eigenvalue weighted by atomic mass is 10.1. The molecular weight excluding hydrogens is 284 g/mol. The lowest BCUT2D eigenvalue weighted by Gasteiger charge is -2.10. The number of nitrogens with zero attached hydrogens (tertiary/aromatic N) is 3. The minimum Gasteiger partial charge on any atom is -0.401 e. The first-order chi connectivity index (χ1) is 11.2. The van der Waals surface area contributed by atoms with Crippen LogP contribution in [0.25, 0.3) is 16.6 Å². The highest BCUT2D eigenvalue weighted by Crippen LogP contribution is 2.36. The number of hydrogen-bond acceptors (Lipinski definition) is 4. The van der Waals surface area contributed by atoms with Crippen molar-refractivity contribution in [1.82, 2.24) is 9.97 Å². The summed E-state index contributed by atoms with van der Waals surface area (Å²) in [5.74, 6) is 0.478. The summed E-state index contributed by atoms with van der Waals surface area (Å²) in [7, 11) is 0. The molecule has 1 aliphatic rings. The van der Waals surface area contributed by atoms with Crippen LogP contribution in [-0.2, 0) is 0 Å². The van der Waals surface area contributed by atoms with E-state index >= 15 is 0 Å². The third-order valence-corrected chi connectivity index (χ3v) is 4.41. The van der Waals surface area contributed by atoms with Crippen LogP contribution in [0.2, 0.25) is 0 Å². The molecule has 1 saturated carbocycles. The molecule has 1 aromatic heterocycles. The number of aliphatic imine (C=N–C) groups is 1. The second kappa shape index (κ2) is 6.90. The number of allylic oxidation sites excluding steroid dienone is 2. The molecule has 2 N–H and O–H groups in total. The summed E-state index contributed by atoms with van der Waals surface area (Å²) < 4.78 is 0. The summed E-state index contributed by atoms with van der Waals surface area (Å²) in [6.45, 7) is 4.32. The molecule has 3 rings (SSSR count). The summed E-state index contributed by atoms with van der Waals surface area (Å²) in [4.78, 5) is 14.0. The summed E-state index contributed by atoms with van der Waals surface area (Å²) in [6.07, 6.45) is 8.13. The molecule has 23 heavy (non-hydrogen) atoms. The van der Waals surface area contributed by atoms with E-state index in [1.165, 1.54) is 0 Å². The summed E-state index contributed by atoms with van der Waals surface area (Å²) in [5.41, 5.74) is 10.9. The maximum atomic E-state index is 6.39. The highest BCUT2D eigenvalue weighted by molar-refractivity contribution is 6.10. The standard InChI is InChI=1S/C19H24N4/c1-3-14(4-2)21-11-15(19(20)13-9-10-13)18-12-22-16-7-5-6-8-17(16)23-18/h5-8,11-14H,3-4,9-10,20H2,1-2H3. The molecule has 0 aliphatic heterocycles. The van der Waals surface area contributed by atoms with Gasteiger partial charge in [0.05, 0.1) is 22.9 Å². The molecule has 0 saturated heterocycles. The van der Waals surface area contributed by atoms with Gasteiger partial charge in [0.25, 0.3) is 0 Å². The van der Waals surface area contributed by atoms with Gasteiger partial charge in [-0.3, -0.25) is 9.98 Å². The third-order valence-electron chi connectivity index (χ3n) is 4.41. The number of para-hydroxylation sites is 2. The zero-order valence-electron chi connectivity index (χ0n) is 13.9. The van der Waals surface area contributed by atoms with Gasteiger partial charge in [-0.05, 0) is 43.7 Å². The first kappa shape index (κ1) is 15.7. The van der Waals surface area contributed by atoms with Crippen LogP contribution in [0.4, 0.5) is 0 Å². The van der Waals surface area contributed by atoms with Gasteiger partial charge in [-0.15, -0.1) is 0 Å². The fourth-order valence-electron chi connectivity index (χ4n) is 2.67. The van der Waals surface area contributed by atoms with Gasteiger partial charge >= 0.3 is 0 Å². The molecule has 0 spiro atoms. The van der Waals surface area contributed by atoms with Crippen LogP contribution in [0, 0.1) is 5.92 Å². The first-order valence-corrected chi connectivity index (χ1v) is 8.47. The SMILES string of the molecule is CCC(CC)N=CC(=C(N)C1CC1)c1cnc2ccccc2n1. The minimum absolute atomic E-state index is 0.338. The first-order valence-electron chi connectivity index (χ1n) is 8.47. The molecular formula is C19H24N4. The zero-order valence-corrected chi connectivity index (χ0v) is 13.9. The Morgan fingerprint density at radius 3 is 2.61 bits per heavy atom. The fourth-order valence-corrected chi connectivity index (χ4v) is 2.67. The topological polar surface area (TPSA) is 64.2 Å². The highest BCUT2D eigenvalue weighted by Gasteiger charge is 2.27. The van der Waals surface area contributed by atoms with Crippen LogP contribution in [-0.4, -0.2) is 22.2 Å². The summed E-state index contributed by atoms with van der Waals surface area (Å²) >= 11 is 0. The van der Waals surface area contributed by atoms with Gasteiger partial charge in [0, 0.05) is 23.5 Å². The average molecular weight is 308 g/mol. The number of fused-ring (bicyclic) bond motifs is 1. The van der Waals surface area contributed by atoms with E-state index in [2.05, 4.69) is 18.8 Å². The molecule has 0 radical (unpaired) electrons. The maximum Gasteiger partial charge on any atom is 0.0925 e. The van der Waals surface area contributed by atoms with Gasteiger partial charge in [0.15, 0.2) is 0 Å². The fraction of sp³-hybridized carbons (Fsp3) is 0.421. The molecule has 1 aliphatic carbocycles. The van der Waals surface area contributed by atoms with Crippen molar-refractivity contribution in [3.8, 4) is 0 Å². The Bertz CT molecular complexity index is 740. The Balaban J connectivity index is 2.01. The van der Waals surface area contributed by atoms with Crippen molar-refractivity contribution in [1.29, 1.82) is 0 Å². The Morgan fingerprint density at radius 2 is 1.96 bits per heavy atom. The van der Waals surface area contributed by atoms with Crippen molar-refractivity contribution in [3.63, 3.8) is 0 Å². The number of rotatable bonds is 6. The van der Waals surface area contributed by atoms with Crippen LogP contribution < -0.4 is 5.73 Å². The van der Waals surface area contributed by atoms with E-state index in [-0.39, 0.29) is 0 Å². The van der Waals surface area contributed by atoms with Gasteiger partial charge in [0.1, 0.15) is 0 Å². The van der Waals surface area contributed by atoms with Gasteiger partial charge in [-0.25, -0.2) is 4.98 Å². The van der Waals surface area contributed by atoms with Crippen molar-refractivity contribution < 1.29 is 0 Å². The Hall–Kier alpha value is -2.23. The lowest BCUT2D eigenvalue weighted by Crippen LogP contribution is -2.09. The number of aromatic nitrogens is 2. The zero-order chi connectivity index (χ0) is 16.2. The average Bonchev–Trinajstić information content (AvgIpc) is 3.43. The lowest BCUT2D eigenvalue weighted by molar-refractivity contribution is 0.635. The molecule has 120 valence electrons. The summed E-state index contributed by atoms with van der Waals surface area (Å²) in [5, 5.41) is 0. The van der Waals surface area contributed by atoms with Gasteiger partial charge in [-0.2, -0.15) is 0 Å². The Kier molecular flexibility index (Phi) is 4.70. The monoisotopic (exact) mass is 308 g/mol. The Morgan fingerprint density at radius 1 is 1.26 bits per heavy atom. The van der Waals surface area contributed by atoms with Crippen molar-refractivity contribution in [2.45, 2.75) is 45.6 Å². The second-order valence-corrected chi connectivity index (χ2v) is 6.14. The molecule has 1 heterocycles. The van der Waals surface area contributed by atoms with E-state index in [1.807, 2.05) is 36.7 Å². The quantitative estimate of drug-likeness (QED) is 0.821. The highest BCUT2D eigenvalue weighted by atomic mass is 14.8. The predicted molar refractivity (Wildman–Crippen MR) is 96.2 cm³/mol. The van der Waals surface area contributed by atoms with Crippen molar-refractivity contribution in [3.05, 3.63) is 41.9 Å². The number of benzene rings is 1. The Labute approximate surface area is 137 Å². The number of hydrogen-bond donors (Lipinski definition) is 1. The van der Waals surface area contributed by atoms with Crippen LogP contribution in [0.15, 0.2) is 41.2 Å². The smallest absolute Gasteiger partial charge is 0.0925 e. The van der Waals surface area contributed by atoms with Gasteiger partial charge in [0.2, 0.25) is 0 Å². The van der Waals surface area contributed by atoms with Gasteiger partial charge in [-0.1, -0.05) is 26.0 Å². The van der Waals surface area contributed by atoms with Gasteiger partial charge < -0.3 is 5.73 Å². The molecule has 0 atom stereocenters. The van der Waals surface area contributed by atoms with Crippen molar-refractivity contribution in [2.24, 2.45) is 16.6 Å². The minimum atomic E-state index is 0.338. The normalized spacial score (nSPS) is 16.3. The van der Waals surface area contributed by atoms with Crippen LogP contribution in [0.1, 0.15) is 45.2 Å². The molecule has 0 unspecified atom stereocenters. The summed E-state index contributed by atoms with van der Waals surface area (Å²) in [6, 6.07) is 8.24. The van der Waals surface area contributed by atoms with E-state index < -0.39 is 0 Å².